The van der Waals surface area contributed by atoms with Crippen molar-refractivity contribution < 1.29 is 9.34 Å². The summed E-state index contributed by atoms with van der Waals surface area (Å²) in [6, 6.07) is 9.86. The molecule has 0 aliphatic heterocycles. The molecule has 19 heavy (non-hydrogen) atoms. The minimum absolute atomic E-state index is 0.0131. The number of nitro benzene ring substituents is 1. The number of para-hydroxylation sites is 1. The van der Waals surface area contributed by atoms with Crippen molar-refractivity contribution >= 4 is 22.9 Å². The third-order valence-electron chi connectivity index (χ3n) is 2.59. The van der Waals surface area contributed by atoms with Gasteiger partial charge in [0.05, 0.1) is 10.5 Å². The van der Waals surface area contributed by atoms with Gasteiger partial charge >= 0.3 is 0 Å². The van der Waals surface area contributed by atoms with Gasteiger partial charge in [-0.1, -0.05) is 24.4 Å². The third kappa shape index (κ3) is 2.63. The van der Waals surface area contributed by atoms with Crippen LogP contribution in [0, 0.1) is 10.1 Å². The number of hydrogen-bond donors (Lipinski definition) is 0. The maximum atomic E-state index is 11.0. The van der Waals surface area contributed by atoms with E-state index in [2.05, 4.69) is 0 Å². The van der Waals surface area contributed by atoms with Crippen LogP contribution < -0.4 is 0 Å². The topological polar surface area (TPSA) is 59.5 Å². The van der Waals surface area contributed by atoms with Gasteiger partial charge in [0.25, 0.3) is 5.69 Å². The minimum atomic E-state index is -0.429. The Balaban J connectivity index is 2.44. The van der Waals surface area contributed by atoms with Gasteiger partial charge in [-0.15, -0.1) is 0 Å². The number of benzene rings is 1. The lowest BCUT2D eigenvalue weighted by molar-refractivity contribution is -0.384. The summed E-state index contributed by atoms with van der Waals surface area (Å²) in [6.07, 6.45) is 0. The number of furan rings is 1. The normalized spacial score (nSPS) is 10.2. The standard InChI is InChI=1S/C13H12N2O3S/c1-14(2)13(19)12-8-7-11(18-12)9-5-3-4-6-10(9)15(16)17/h3-8H,1-2H3. The van der Waals surface area contributed by atoms with E-state index in [9.17, 15) is 10.1 Å². The van der Waals surface area contributed by atoms with Crippen LogP contribution in [0.4, 0.5) is 5.69 Å². The van der Waals surface area contributed by atoms with Gasteiger partial charge in [-0.25, -0.2) is 0 Å². The van der Waals surface area contributed by atoms with E-state index in [-0.39, 0.29) is 5.69 Å². The second-order valence-corrected chi connectivity index (χ2v) is 4.52. The maximum Gasteiger partial charge on any atom is 0.280 e. The van der Waals surface area contributed by atoms with E-state index in [0.717, 1.165) is 0 Å². The molecule has 1 aromatic heterocycles. The molecule has 2 rings (SSSR count). The SMILES string of the molecule is CN(C)C(=S)c1ccc(-c2ccccc2[N+](=O)[O-])o1. The van der Waals surface area contributed by atoms with Crippen molar-refractivity contribution in [3.63, 3.8) is 0 Å². The van der Waals surface area contributed by atoms with E-state index < -0.39 is 4.92 Å². The predicted octanol–water partition coefficient (Wildman–Crippen LogP) is 3.09. The van der Waals surface area contributed by atoms with Gasteiger partial charge in [0, 0.05) is 20.2 Å². The second-order valence-electron chi connectivity index (χ2n) is 4.14. The van der Waals surface area contributed by atoms with Crippen LogP contribution in [0.25, 0.3) is 11.3 Å². The molecule has 0 bridgehead atoms. The van der Waals surface area contributed by atoms with E-state index in [1.807, 2.05) is 14.1 Å². The third-order valence-corrected chi connectivity index (χ3v) is 3.16. The Hall–Kier alpha value is -2.21. The van der Waals surface area contributed by atoms with Crippen molar-refractivity contribution in [2.75, 3.05) is 14.1 Å². The molecule has 0 spiro atoms. The average Bonchev–Trinajstić information content (AvgIpc) is 2.87. The highest BCUT2D eigenvalue weighted by atomic mass is 32.1. The Morgan fingerprint density at radius 3 is 2.58 bits per heavy atom. The summed E-state index contributed by atoms with van der Waals surface area (Å²) in [5, 5.41) is 11.0. The first kappa shape index (κ1) is 13.2. The van der Waals surface area contributed by atoms with Crippen LogP contribution in [0.3, 0.4) is 0 Å². The van der Waals surface area contributed by atoms with Crippen molar-refractivity contribution in [1.29, 1.82) is 0 Å². The fourth-order valence-corrected chi connectivity index (χ4v) is 1.77. The van der Waals surface area contributed by atoms with E-state index in [1.165, 1.54) is 6.07 Å². The molecule has 2 aromatic rings. The molecule has 6 heteroatoms. The Bertz CT molecular complexity index is 634. The van der Waals surface area contributed by atoms with Gasteiger partial charge in [0.15, 0.2) is 5.76 Å². The van der Waals surface area contributed by atoms with Gasteiger partial charge in [-0.3, -0.25) is 10.1 Å². The number of nitrogens with zero attached hydrogens (tertiary/aromatic N) is 2. The molecular formula is C13H12N2O3S. The molecule has 0 aliphatic rings. The van der Waals surface area contributed by atoms with Crippen LogP contribution in [0.1, 0.15) is 5.76 Å². The lowest BCUT2D eigenvalue weighted by Crippen LogP contribution is -2.19. The molecule has 0 aliphatic carbocycles. The number of rotatable bonds is 3. The van der Waals surface area contributed by atoms with Crippen LogP contribution in [0.15, 0.2) is 40.8 Å². The largest absolute Gasteiger partial charge is 0.453 e. The quantitative estimate of drug-likeness (QED) is 0.490. The zero-order valence-corrected chi connectivity index (χ0v) is 11.3. The summed E-state index contributed by atoms with van der Waals surface area (Å²) in [5.41, 5.74) is 0.458. The summed E-state index contributed by atoms with van der Waals surface area (Å²) >= 11 is 5.19. The zero-order chi connectivity index (χ0) is 14.0. The highest BCUT2D eigenvalue weighted by Gasteiger charge is 2.18. The van der Waals surface area contributed by atoms with Gasteiger partial charge in [0.2, 0.25) is 0 Å². The molecule has 0 amide bonds. The molecule has 0 radical (unpaired) electrons. The lowest BCUT2D eigenvalue weighted by Gasteiger charge is -2.10. The van der Waals surface area contributed by atoms with Crippen molar-refractivity contribution in [1.82, 2.24) is 4.90 Å². The van der Waals surface area contributed by atoms with Crippen molar-refractivity contribution in [3.05, 3.63) is 52.3 Å². The fourth-order valence-electron chi connectivity index (χ4n) is 1.66. The van der Waals surface area contributed by atoms with E-state index in [0.29, 0.717) is 22.1 Å². The first-order valence-electron chi connectivity index (χ1n) is 5.56. The Labute approximate surface area is 115 Å². The summed E-state index contributed by atoms with van der Waals surface area (Å²) in [5.74, 6) is 0.958. The van der Waals surface area contributed by atoms with Crippen LogP contribution in [0.2, 0.25) is 0 Å². The molecule has 0 atom stereocenters. The second kappa shape index (κ2) is 5.19. The van der Waals surface area contributed by atoms with Crippen molar-refractivity contribution in [2.24, 2.45) is 0 Å². The van der Waals surface area contributed by atoms with Crippen LogP contribution in [-0.2, 0) is 0 Å². The number of hydrogen-bond acceptors (Lipinski definition) is 4. The summed E-state index contributed by atoms with van der Waals surface area (Å²) < 4.78 is 5.60. The van der Waals surface area contributed by atoms with Gasteiger partial charge in [-0.05, 0) is 18.2 Å². The molecular weight excluding hydrogens is 264 g/mol. The zero-order valence-electron chi connectivity index (χ0n) is 10.5. The molecule has 0 saturated carbocycles. The lowest BCUT2D eigenvalue weighted by atomic mass is 10.1. The van der Waals surface area contributed by atoms with Gasteiger partial charge in [0.1, 0.15) is 10.7 Å². The highest BCUT2D eigenvalue weighted by Crippen LogP contribution is 2.31. The van der Waals surface area contributed by atoms with Crippen molar-refractivity contribution in [2.45, 2.75) is 0 Å². The summed E-state index contributed by atoms with van der Waals surface area (Å²) in [7, 11) is 3.63. The first-order valence-corrected chi connectivity index (χ1v) is 5.97. The molecule has 98 valence electrons. The molecule has 5 nitrogen and oxygen atoms in total. The molecule has 1 aromatic carbocycles. The molecule has 0 fully saturated rings. The first-order chi connectivity index (χ1) is 9.00. The average molecular weight is 276 g/mol. The summed E-state index contributed by atoms with van der Waals surface area (Å²) in [6.45, 7) is 0. The van der Waals surface area contributed by atoms with Crippen LogP contribution in [0.5, 0.6) is 0 Å². The Morgan fingerprint density at radius 1 is 1.26 bits per heavy atom. The van der Waals surface area contributed by atoms with Gasteiger partial charge < -0.3 is 9.32 Å². The monoisotopic (exact) mass is 276 g/mol. The minimum Gasteiger partial charge on any atom is -0.453 e. The maximum absolute atomic E-state index is 11.0. The Morgan fingerprint density at radius 2 is 1.95 bits per heavy atom. The van der Waals surface area contributed by atoms with Crippen LogP contribution in [-0.4, -0.2) is 28.9 Å². The van der Waals surface area contributed by atoms with E-state index >= 15 is 0 Å². The summed E-state index contributed by atoms with van der Waals surface area (Å²) in [4.78, 5) is 12.8. The smallest absolute Gasteiger partial charge is 0.280 e. The van der Waals surface area contributed by atoms with Crippen molar-refractivity contribution in [3.8, 4) is 11.3 Å². The Kier molecular flexibility index (Phi) is 3.62. The van der Waals surface area contributed by atoms with Crippen LogP contribution >= 0.6 is 12.2 Å². The molecule has 0 unspecified atom stereocenters. The van der Waals surface area contributed by atoms with E-state index in [1.54, 1.807) is 35.2 Å². The van der Waals surface area contributed by atoms with E-state index in [4.69, 9.17) is 16.6 Å². The fraction of sp³-hybridized carbons (Fsp3) is 0.154. The highest BCUT2D eigenvalue weighted by molar-refractivity contribution is 7.80. The number of thiocarbonyl (C=S) groups is 1. The molecule has 1 heterocycles. The molecule has 0 N–H and O–H groups in total. The molecule has 0 saturated heterocycles. The number of nitro groups is 1. The predicted molar refractivity (Wildman–Crippen MR) is 76.2 cm³/mol. The van der Waals surface area contributed by atoms with Gasteiger partial charge in [-0.2, -0.15) is 0 Å².